The lowest BCUT2D eigenvalue weighted by Gasteiger charge is -2.33. The first kappa shape index (κ1) is 55.6. The predicted octanol–water partition coefficient (Wildman–Crippen LogP) is 7.91. The van der Waals surface area contributed by atoms with Crippen LogP contribution in [0.25, 0.3) is 22.8 Å². The zero-order valence-electron chi connectivity index (χ0n) is 38.6. The molecule has 4 aromatic heterocycles. The average molecular weight is 1060 g/mol. The second kappa shape index (κ2) is 22.2. The molecule has 16 nitrogen and oxygen atoms in total. The molecule has 8 rings (SSSR count). The Morgan fingerprint density at radius 2 is 1.01 bits per heavy atom. The molecular formula is C47H45F8N9O7S2. The maximum Gasteiger partial charge on any atom is 0.417 e. The Morgan fingerprint density at radius 3 is 1.41 bits per heavy atom. The zero-order chi connectivity index (χ0) is 53.6. The molecule has 73 heavy (non-hydrogen) atoms. The number of carboxylic acid groups (broad SMARTS) is 1. The minimum Gasteiger partial charge on any atom is -0.480 e. The molecule has 2 aliphatic rings. The number of rotatable bonds is 12. The average Bonchev–Trinajstić information content (AvgIpc) is 3.98. The summed E-state index contributed by atoms with van der Waals surface area (Å²) < 4.78 is 155. The van der Waals surface area contributed by atoms with Crippen LogP contribution in [0.3, 0.4) is 0 Å². The third-order valence-corrected chi connectivity index (χ3v) is 16.1. The van der Waals surface area contributed by atoms with Gasteiger partial charge in [0.1, 0.15) is 29.8 Å². The fraction of sp³-hybridized carbons (Fsp3) is 0.319. The zero-order valence-corrected chi connectivity index (χ0v) is 40.3. The number of carboxylic acids is 1. The molecule has 6 aromatic rings. The highest BCUT2D eigenvalue weighted by Gasteiger charge is 2.50. The monoisotopic (exact) mass is 1060 g/mol. The Balaban J connectivity index is 0.000000197. The smallest absolute Gasteiger partial charge is 0.417 e. The molecule has 2 saturated heterocycles. The number of aromatic nitrogens is 6. The Hall–Kier alpha value is -6.74. The Bertz CT molecular complexity index is 3140. The summed E-state index contributed by atoms with van der Waals surface area (Å²) in [4.78, 5) is 47.9. The molecular weight excluding hydrogens is 1020 g/mol. The molecule has 3 N–H and O–H groups in total. The van der Waals surface area contributed by atoms with E-state index in [1.807, 2.05) is 0 Å². The van der Waals surface area contributed by atoms with E-state index in [1.54, 1.807) is 13.0 Å². The van der Waals surface area contributed by atoms with Crippen LogP contribution in [-0.4, -0.2) is 96.4 Å². The van der Waals surface area contributed by atoms with E-state index < -0.39 is 72.2 Å². The van der Waals surface area contributed by atoms with E-state index in [1.165, 1.54) is 54.2 Å². The van der Waals surface area contributed by atoms with Gasteiger partial charge in [0.05, 0.1) is 54.9 Å². The molecule has 6 heterocycles. The molecule has 2 aromatic carbocycles. The van der Waals surface area contributed by atoms with Crippen molar-refractivity contribution in [2.24, 2.45) is 5.73 Å². The van der Waals surface area contributed by atoms with E-state index in [2.05, 4.69) is 29.9 Å². The Labute approximate surface area is 413 Å². The van der Waals surface area contributed by atoms with E-state index in [9.17, 15) is 66.7 Å². The van der Waals surface area contributed by atoms with Gasteiger partial charge in [-0.3, -0.25) is 19.6 Å². The first-order valence-electron chi connectivity index (χ1n) is 21.9. The van der Waals surface area contributed by atoms with Crippen molar-refractivity contribution < 1.29 is 66.7 Å². The summed E-state index contributed by atoms with van der Waals surface area (Å²) >= 11 is 0. The molecule has 0 radical (unpaired) electrons. The van der Waals surface area contributed by atoms with E-state index in [-0.39, 0.29) is 60.2 Å². The van der Waals surface area contributed by atoms with E-state index in [0.717, 1.165) is 65.2 Å². The molecule has 0 amide bonds. The molecule has 0 spiro atoms. The van der Waals surface area contributed by atoms with Crippen LogP contribution in [0.15, 0.2) is 120 Å². The van der Waals surface area contributed by atoms with Crippen molar-refractivity contribution in [3.63, 3.8) is 0 Å². The quantitative estimate of drug-likeness (QED) is 0.111. The number of Topliss-reactive ketones (excluding diaryl/α,β-unsaturated/α-hetero) is 1. The lowest BCUT2D eigenvalue weighted by molar-refractivity contribution is -0.146. The lowest BCUT2D eigenvalue weighted by Crippen LogP contribution is -2.50. The Morgan fingerprint density at radius 1 is 0.603 bits per heavy atom. The van der Waals surface area contributed by atoms with Gasteiger partial charge >= 0.3 is 18.3 Å². The van der Waals surface area contributed by atoms with E-state index in [4.69, 9.17) is 5.73 Å². The lowest BCUT2D eigenvalue weighted by atomic mass is 9.91. The van der Waals surface area contributed by atoms with Crippen molar-refractivity contribution in [3.05, 3.63) is 144 Å². The number of pyridine rings is 2. The second-order valence-corrected chi connectivity index (χ2v) is 20.6. The first-order valence-corrected chi connectivity index (χ1v) is 24.8. The van der Waals surface area contributed by atoms with Crippen LogP contribution < -0.4 is 5.73 Å². The molecule has 0 saturated carbocycles. The maximum atomic E-state index is 13.3. The molecule has 2 atom stereocenters. The highest BCUT2D eigenvalue weighted by atomic mass is 32.2. The van der Waals surface area contributed by atoms with Gasteiger partial charge in [-0.15, -0.1) is 0 Å². The summed E-state index contributed by atoms with van der Waals surface area (Å²) in [7, 11) is -7.94. The Kier molecular flexibility index (Phi) is 16.9. The van der Waals surface area contributed by atoms with Gasteiger partial charge in [0.2, 0.25) is 20.0 Å². The number of halogens is 8. The molecule has 388 valence electrons. The summed E-state index contributed by atoms with van der Waals surface area (Å²) in [6.07, 6.45) is -3.09. The number of carbonyl (C=O) groups excluding carboxylic acids is 1. The van der Waals surface area contributed by atoms with Gasteiger partial charge in [0.15, 0.2) is 5.78 Å². The molecule has 26 heteroatoms. The number of carbonyl (C=O) groups is 2. The first-order chi connectivity index (χ1) is 34.2. The number of hydrogen-bond acceptors (Lipinski definition) is 13. The van der Waals surface area contributed by atoms with Gasteiger partial charge in [-0.05, 0) is 131 Å². The minimum absolute atomic E-state index is 0.0111. The summed E-state index contributed by atoms with van der Waals surface area (Å²) in [6, 6.07) is 16.3. The minimum atomic E-state index is -4.50. The largest absolute Gasteiger partial charge is 0.480 e. The highest BCUT2D eigenvalue weighted by molar-refractivity contribution is 7.89. The number of nitrogens with two attached hydrogens (primary N) is 1. The molecule has 0 aliphatic carbocycles. The number of benzene rings is 2. The fourth-order valence-electron chi connectivity index (χ4n) is 7.87. The van der Waals surface area contributed by atoms with Gasteiger partial charge in [-0.25, -0.2) is 45.6 Å². The van der Waals surface area contributed by atoms with Crippen LogP contribution in [0.5, 0.6) is 0 Å². The molecule has 0 unspecified atom stereocenters. The summed E-state index contributed by atoms with van der Waals surface area (Å²) in [5, 5.41) is 9.23. The van der Waals surface area contributed by atoms with E-state index >= 15 is 0 Å². The SMILES string of the molecule is C[C@@]1(C(=O)CCc2cc(-c3ccc(C(F)(F)F)cn3)ncn2)CCCN1S(=O)(=O)c1ccc(F)cc1.C[C@@]1(C(=O)O)CCCN1S(=O)(=O)c1ccc(F)cc1.NCc1cc(-c2ccc(C(F)(F)F)cn2)ncn1. The number of alkyl halides is 6. The van der Waals surface area contributed by atoms with Crippen LogP contribution in [0.2, 0.25) is 0 Å². The van der Waals surface area contributed by atoms with Crippen molar-refractivity contribution in [2.45, 2.75) is 92.1 Å². The maximum absolute atomic E-state index is 13.3. The molecule has 2 fully saturated rings. The summed E-state index contributed by atoms with van der Waals surface area (Å²) in [6.45, 7) is 3.53. The van der Waals surface area contributed by atoms with Crippen LogP contribution in [-0.2, 0) is 55.0 Å². The van der Waals surface area contributed by atoms with Crippen LogP contribution in [0.1, 0.15) is 68.5 Å². The summed E-state index contributed by atoms with van der Waals surface area (Å²) in [5.74, 6) is -2.57. The summed E-state index contributed by atoms with van der Waals surface area (Å²) in [5.41, 5.74) is 3.42. The number of sulfonamides is 2. The van der Waals surface area contributed by atoms with Crippen molar-refractivity contribution >= 4 is 31.8 Å². The normalized spacial score (nSPS) is 18.6. The highest BCUT2D eigenvalue weighted by Crippen LogP contribution is 2.38. The standard InChI is InChI=1S/C24H22F4N4O3S.C12H14FNO4S.C11H9F3N4/c1-23(11-2-12-32(23)36(34,35)19-7-4-17(25)5-8-19)22(33)10-6-18-13-21(31-15-30-18)20-9-3-16(14-29-20)24(26,27)28;1-12(11(15)16)7-2-8-14(12)19(17,18)10-5-3-9(13)4-6-10;12-11(13,14)7-1-2-9(16-5-7)10-3-8(4-15)17-6-18-10/h3-5,7-9,13-15H,2,6,10-12H2,1H3;3-6H,2,7-8H2,1H3,(H,15,16);1-3,5-6H,4,15H2/t23-;12-;/m00./s1. The number of ketones is 1. The number of aliphatic carboxylic acids is 1. The molecule has 2 aliphatic heterocycles. The number of nitrogens with zero attached hydrogens (tertiary/aromatic N) is 8. The van der Waals surface area contributed by atoms with E-state index in [0.29, 0.717) is 47.7 Å². The molecule has 0 bridgehead atoms. The van der Waals surface area contributed by atoms with Crippen molar-refractivity contribution in [3.8, 4) is 22.8 Å². The van der Waals surface area contributed by atoms with Crippen molar-refractivity contribution in [2.75, 3.05) is 13.1 Å². The van der Waals surface area contributed by atoms with Gasteiger partial charge in [-0.1, -0.05) is 0 Å². The third kappa shape index (κ3) is 12.9. The number of aryl methyl sites for hydroxylation is 1. The fourth-order valence-corrected chi connectivity index (χ4v) is 11.5. The number of hydrogen-bond donors (Lipinski definition) is 2. The van der Waals surface area contributed by atoms with Crippen LogP contribution >= 0.6 is 0 Å². The van der Waals surface area contributed by atoms with Gasteiger partial charge in [0.25, 0.3) is 0 Å². The van der Waals surface area contributed by atoms with Crippen molar-refractivity contribution in [1.82, 2.24) is 38.5 Å². The topological polar surface area (TPSA) is 232 Å². The second-order valence-electron chi connectivity index (χ2n) is 16.9. The van der Waals surface area contributed by atoms with Gasteiger partial charge in [0, 0.05) is 44.1 Å². The van der Waals surface area contributed by atoms with Gasteiger partial charge < -0.3 is 10.8 Å². The van der Waals surface area contributed by atoms with Crippen LogP contribution in [0.4, 0.5) is 35.1 Å². The predicted molar refractivity (Wildman–Crippen MR) is 245 cm³/mol. The third-order valence-electron chi connectivity index (χ3n) is 12.0. The van der Waals surface area contributed by atoms with Gasteiger partial charge in [-0.2, -0.15) is 35.0 Å². The van der Waals surface area contributed by atoms with Crippen LogP contribution in [0, 0.1) is 11.6 Å². The van der Waals surface area contributed by atoms with Crippen molar-refractivity contribution in [1.29, 1.82) is 0 Å².